The maximum Gasteiger partial charge on any atom is 0.119 e. The zero-order valence-corrected chi connectivity index (χ0v) is 13.7. The van der Waals surface area contributed by atoms with Crippen molar-refractivity contribution in [3.8, 4) is 5.75 Å². The van der Waals surface area contributed by atoms with Crippen molar-refractivity contribution in [2.24, 2.45) is 0 Å². The lowest BCUT2D eigenvalue weighted by molar-refractivity contribution is 0.106. The highest BCUT2D eigenvalue weighted by molar-refractivity contribution is 7.16. The number of ether oxygens (including phenoxy) is 1. The number of rotatable bonds is 8. The quantitative estimate of drug-likeness (QED) is 0.718. The van der Waals surface area contributed by atoms with Crippen molar-refractivity contribution < 1.29 is 9.84 Å². The summed E-state index contributed by atoms with van der Waals surface area (Å²) in [4.78, 5) is 1.24. The Labute approximate surface area is 138 Å². The Kier molecular flexibility index (Phi) is 6.80. The maximum atomic E-state index is 9.83. The molecular formula is C15H17Cl2NO2S. The summed E-state index contributed by atoms with van der Waals surface area (Å²) in [5, 5.41) is 13.7. The summed E-state index contributed by atoms with van der Waals surface area (Å²) in [6.07, 6.45) is 0.356. The minimum Gasteiger partial charge on any atom is -0.491 e. The van der Waals surface area contributed by atoms with Crippen molar-refractivity contribution in [2.75, 3.05) is 19.7 Å². The molecule has 0 saturated heterocycles. The summed E-state index contributed by atoms with van der Waals surface area (Å²) in [5.41, 5.74) is 0. The number of hydrogen-bond donors (Lipinski definition) is 2. The zero-order chi connectivity index (χ0) is 15.1. The molecule has 2 N–H and O–H groups in total. The van der Waals surface area contributed by atoms with Crippen LogP contribution in [0.2, 0.25) is 9.36 Å². The number of benzene rings is 1. The van der Waals surface area contributed by atoms with Gasteiger partial charge in [-0.05, 0) is 42.8 Å². The maximum absolute atomic E-state index is 9.83. The number of aliphatic hydroxyl groups is 1. The van der Waals surface area contributed by atoms with Crippen LogP contribution >= 0.6 is 34.5 Å². The number of halogens is 2. The molecule has 0 amide bonds. The Hall–Kier alpha value is -0.780. The molecular weight excluding hydrogens is 329 g/mol. The smallest absolute Gasteiger partial charge is 0.119 e. The van der Waals surface area contributed by atoms with Gasteiger partial charge in [0.15, 0.2) is 0 Å². The van der Waals surface area contributed by atoms with E-state index in [0.717, 1.165) is 17.3 Å². The van der Waals surface area contributed by atoms with Gasteiger partial charge in [-0.15, -0.1) is 11.3 Å². The standard InChI is InChI=1S/C15H17Cl2NO2S/c16-11-1-3-13(4-2-11)20-10-12(19)9-18-8-7-14-5-6-15(17)21-14/h1-6,12,18-19H,7-10H2. The highest BCUT2D eigenvalue weighted by atomic mass is 35.5. The van der Waals surface area contributed by atoms with E-state index in [9.17, 15) is 5.11 Å². The van der Waals surface area contributed by atoms with Crippen LogP contribution in [-0.4, -0.2) is 30.9 Å². The lowest BCUT2D eigenvalue weighted by atomic mass is 10.3. The first-order chi connectivity index (χ1) is 10.1. The molecule has 21 heavy (non-hydrogen) atoms. The van der Waals surface area contributed by atoms with Crippen molar-refractivity contribution in [1.29, 1.82) is 0 Å². The number of aliphatic hydroxyl groups excluding tert-OH is 1. The number of hydrogen-bond acceptors (Lipinski definition) is 4. The SMILES string of the molecule is OC(CNCCc1ccc(Cl)s1)COc1ccc(Cl)cc1. The van der Waals surface area contributed by atoms with Gasteiger partial charge in [-0.2, -0.15) is 0 Å². The molecule has 0 radical (unpaired) electrons. The van der Waals surface area contributed by atoms with Crippen LogP contribution in [0, 0.1) is 0 Å². The molecule has 0 aliphatic heterocycles. The van der Waals surface area contributed by atoms with Crippen LogP contribution in [0.5, 0.6) is 5.75 Å². The molecule has 6 heteroatoms. The average molecular weight is 346 g/mol. The third-order valence-electron chi connectivity index (χ3n) is 2.81. The topological polar surface area (TPSA) is 41.5 Å². The van der Waals surface area contributed by atoms with Gasteiger partial charge >= 0.3 is 0 Å². The minimum absolute atomic E-state index is 0.249. The Balaban J connectivity index is 1.59. The number of nitrogens with one attached hydrogen (secondary N) is 1. The Morgan fingerprint density at radius 3 is 2.57 bits per heavy atom. The average Bonchev–Trinajstić information content (AvgIpc) is 2.89. The van der Waals surface area contributed by atoms with E-state index in [1.165, 1.54) is 4.88 Å². The minimum atomic E-state index is -0.549. The second-order valence-corrected chi connectivity index (χ2v) is 6.81. The van der Waals surface area contributed by atoms with Gasteiger partial charge in [0, 0.05) is 23.0 Å². The van der Waals surface area contributed by atoms with Crippen molar-refractivity contribution >= 4 is 34.5 Å². The largest absolute Gasteiger partial charge is 0.491 e. The van der Waals surface area contributed by atoms with Gasteiger partial charge in [-0.3, -0.25) is 0 Å². The number of thiophene rings is 1. The van der Waals surface area contributed by atoms with Crippen LogP contribution in [0.4, 0.5) is 0 Å². The summed E-state index contributed by atoms with van der Waals surface area (Å²) in [6.45, 7) is 1.54. The molecule has 1 aromatic heterocycles. The van der Waals surface area contributed by atoms with E-state index in [-0.39, 0.29) is 6.61 Å². The highest BCUT2D eigenvalue weighted by Crippen LogP contribution is 2.21. The van der Waals surface area contributed by atoms with E-state index in [1.807, 2.05) is 12.1 Å². The molecule has 0 aliphatic rings. The lowest BCUT2D eigenvalue weighted by Gasteiger charge is -2.13. The lowest BCUT2D eigenvalue weighted by Crippen LogP contribution is -2.32. The highest BCUT2D eigenvalue weighted by Gasteiger charge is 2.05. The first-order valence-electron chi connectivity index (χ1n) is 6.65. The van der Waals surface area contributed by atoms with Gasteiger partial charge in [0.25, 0.3) is 0 Å². The molecule has 1 aromatic carbocycles. The normalized spacial score (nSPS) is 12.3. The van der Waals surface area contributed by atoms with Crippen molar-refractivity contribution in [3.63, 3.8) is 0 Å². The van der Waals surface area contributed by atoms with Crippen LogP contribution in [0.3, 0.4) is 0 Å². The summed E-state index contributed by atoms with van der Waals surface area (Å²) >= 11 is 13.2. The van der Waals surface area contributed by atoms with E-state index in [2.05, 4.69) is 5.32 Å². The molecule has 2 aromatic rings. The molecule has 3 nitrogen and oxygen atoms in total. The fourth-order valence-corrected chi connectivity index (χ4v) is 2.96. The monoisotopic (exact) mass is 345 g/mol. The van der Waals surface area contributed by atoms with Crippen LogP contribution in [0.15, 0.2) is 36.4 Å². The molecule has 1 atom stereocenters. The molecule has 0 saturated carbocycles. The van der Waals surface area contributed by atoms with Crippen LogP contribution in [0.1, 0.15) is 4.88 Å². The summed E-state index contributed by atoms with van der Waals surface area (Å²) in [7, 11) is 0. The van der Waals surface area contributed by atoms with Crippen LogP contribution in [0.25, 0.3) is 0 Å². The van der Waals surface area contributed by atoms with E-state index in [1.54, 1.807) is 35.6 Å². The Morgan fingerprint density at radius 2 is 1.90 bits per heavy atom. The van der Waals surface area contributed by atoms with Gasteiger partial charge in [0.2, 0.25) is 0 Å². The van der Waals surface area contributed by atoms with Gasteiger partial charge in [-0.25, -0.2) is 0 Å². The summed E-state index contributed by atoms with van der Waals surface area (Å²) in [5.74, 6) is 0.701. The van der Waals surface area contributed by atoms with E-state index < -0.39 is 6.10 Å². The predicted octanol–water partition coefficient (Wildman–Crippen LogP) is 3.63. The second kappa shape index (κ2) is 8.61. The van der Waals surface area contributed by atoms with Crippen molar-refractivity contribution in [1.82, 2.24) is 5.32 Å². The fraction of sp³-hybridized carbons (Fsp3) is 0.333. The molecule has 0 fully saturated rings. The predicted molar refractivity (Wildman–Crippen MR) is 88.9 cm³/mol. The molecule has 0 spiro atoms. The van der Waals surface area contributed by atoms with Gasteiger partial charge in [0.05, 0.1) is 4.34 Å². The molecule has 2 rings (SSSR count). The molecule has 1 unspecified atom stereocenters. The van der Waals surface area contributed by atoms with E-state index >= 15 is 0 Å². The van der Waals surface area contributed by atoms with Crippen molar-refractivity contribution in [2.45, 2.75) is 12.5 Å². The summed E-state index contributed by atoms with van der Waals surface area (Å²) in [6, 6.07) is 11.0. The third-order valence-corrected chi connectivity index (χ3v) is 4.36. The molecule has 0 bridgehead atoms. The van der Waals surface area contributed by atoms with Gasteiger partial charge in [0.1, 0.15) is 18.5 Å². The zero-order valence-electron chi connectivity index (χ0n) is 11.4. The van der Waals surface area contributed by atoms with Gasteiger partial charge < -0.3 is 15.2 Å². The van der Waals surface area contributed by atoms with E-state index in [0.29, 0.717) is 17.3 Å². The van der Waals surface area contributed by atoms with Crippen molar-refractivity contribution in [3.05, 3.63) is 50.6 Å². The fourth-order valence-electron chi connectivity index (χ4n) is 1.75. The van der Waals surface area contributed by atoms with Gasteiger partial charge in [-0.1, -0.05) is 23.2 Å². The second-order valence-electron chi connectivity index (χ2n) is 4.58. The Morgan fingerprint density at radius 1 is 1.14 bits per heavy atom. The molecule has 114 valence electrons. The van der Waals surface area contributed by atoms with E-state index in [4.69, 9.17) is 27.9 Å². The first-order valence-corrected chi connectivity index (χ1v) is 8.22. The molecule has 0 aliphatic carbocycles. The summed E-state index contributed by atoms with van der Waals surface area (Å²) < 4.78 is 6.28. The Bertz CT molecular complexity index is 545. The third kappa shape index (κ3) is 6.24. The first kappa shape index (κ1) is 16.6. The van der Waals surface area contributed by atoms with Crippen LogP contribution in [-0.2, 0) is 6.42 Å². The van der Waals surface area contributed by atoms with Crippen LogP contribution < -0.4 is 10.1 Å². The molecule has 1 heterocycles.